The summed E-state index contributed by atoms with van der Waals surface area (Å²) >= 11 is 5.50. The number of nitrogens with one attached hydrogen (secondary N) is 2. The molecule has 0 aliphatic carbocycles. The summed E-state index contributed by atoms with van der Waals surface area (Å²) in [7, 11) is 2.01. The number of ether oxygens (including phenoxy) is 1. The number of quaternary nitrogens is 1. The van der Waals surface area contributed by atoms with Gasteiger partial charge in [0.1, 0.15) is 13.1 Å². The highest BCUT2D eigenvalue weighted by Gasteiger charge is 2.13. The molecule has 3 rings (SSSR count). The highest BCUT2D eigenvalue weighted by molar-refractivity contribution is 7.80. The molecule has 1 aromatic heterocycles. The maximum atomic E-state index is 5.50. The van der Waals surface area contributed by atoms with Gasteiger partial charge in [0.2, 0.25) is 0 Å². The zero-order valence-corrected chi connectivity index (χ0v) is 15.5. The van der Waals surface area contributed by atoms with Gasteiger partial charge in [-0.25, -0.2) is 4.68 Å². The lowest BCUT2D eigenvalue weighted by atomic mass is 10.3. The minimum Gasteiger partial charge on any atom is -0.370 e. The Morgan fingerprint density at radius 2 is 2.08 bits per heavy atom. The number of rotatable bonds is 6. The van der Waals surface area contributed by atoms with Crippen LogP contribution in [-0.4, -0.2) is 66.2 Å². The van der Waals surface area contributed by atoms with Gasteiger partial charge >= 0.3 is 0 Å². The van der Waals surface area contributed by atoms with Crippen LogP contribution < -0.4 is 10.2 Å². The van der Waals surface area contributed by atoms with Crippen LogP contribution in [0.4, 0.5) is 0 Å². The van der Waals surface area contributed by atoms with Crippen LogP contribution in [0.5, 0.6) is 0 Å². The Balaban J connectivity index is 1.44. The van der Waals surface area contributed by atoms with Crippen LogP contribution in [0.15, 0.2) is 42.7 Å². The van der Waals surface area contributed by atoms with Crippen molar-refractivity contribution in [2.45, 2.75) is 6.54 Å². The number of nitrogens with zero attached hydrogens (tertiary/aromatic N) is 3. The second kappa shape index (κ2) is 8.94. The van der Waals surface area contributed by atoms with Crippen molar-refractivity contribution in [3.63, 3.8) is 0 Å². The molecule has 0 spiro atoms. The van der Waals surface area contributed by atoms with E-state index < -0.39 is 0 Å². The van der Waals surface area contributed by atoms with E-state index in [0.717, 1.165) is 62.3 Å². The average molecular weight is 361 g/mol. The number of thiocarbonyl (C=S) groups is 1. The molecule has 0 amide bonds. The van der Waals surface area contributed by atoms with E-state index in [0.29, 0.717) is 0 Å². The quantitative estimate of drug-likeness (QED) is 0.716. The van der Waals surface area contributed by atoms with E-state index in [1.807, 2.05) is 54.5 Å². The first kappa shape index (κ1) is 17.8. The van der Waals surface area contributed by atoms with Crippen LogP contribution in [0.3, 0.4) is 0 Å². The van der Waals surface area contributed by atoms with Crippen molar-refractivity contribution in [1.82, 2.24) is 20.0 Å². The van der Waals surface area contributed by atoms with Gasteiger partial charge in [0.25, 0.3) is 0 Å². The lowest BCUT2D eigenvalue weighted by molar-refractivity contribution is -0.906. The molecule has 2 heterocycles. The molecule has 1 fully saturated rings. The molecule has 2 aromatic rings. The highest BCUT2D eigenvalue weighted by Crippen LogP contribution is 2.09. The van der Waals surface area contributed by atoms with Gasteiger partial charge < -0.3 is 19.9 Å². The first-order valence-electron chi connectivity index (χ1n) is 8.71. The van der Waals surface area contributed by atoms with E-state index in [4.69, 9.17) is 17.0 Å². The number of para-hydroxylation sites is 1. The number of hydrogen-bond acceptors (Lipinski definition) is 3. The Bertz CT molecular complexity index is 669. The van der Waals surface area contributed by atoms with Crippen molar-refractivity contribution >= 4 is 17.3 Å². The van der Waals surface area contributed by atoms with Crippen LogP contribution in [0.25, 0.3) is 5.69 Å². The van der Waals surface area contributed by atoms with Crippen molar-refractivity contribution in [1.29, 1.82) is 0 Å². The number of hydrogen-bond donors (Lipinski definition) is 2. The summed E-state index contributed by atoms with van der Waals surface area (Å²) < 4.78 is 7.27. The Labute approximate surface area is 154 Å². The van der Waals surface area contributed by atoms with Gasteiger partial charge in [-0.05, 0) is 24.4 Å². The molecule has 1 aliphatic rings. The molecule has 0 bridgehead atoms. The van der Waals surface area contributed by atoms with E-state index in [2.05, 4.69) is 15.3 Å². The van der Waals surface area contributed by atoms with Crippen molar-refractivity contribution in [3.05, 3.63) is 48.3 Å². The molecule has 1 aromatic carbocycles. The summed E-state index contributed by atoms with van der Waals surface area (Å²) in [6, 6.07) is 10.1. The molecule has 0 unspecified atom stereocenters. The molecule has 0 radical (unpaired) electrons. The molecule has 1 aliphatic heterocycles. The summed E-state index contributed by atoms with van der Waals surface area (Å²) in [5, 5.41) is 8.57. The third kappa shape index (κ3) is 5.26. The van der Waals surface area contributed by atoms with Gasteiger partial charge in [-0.1, -0.05) is 18.2 Å². The van der Waals surface area contributed by atoms with Gasteiger partial charge in [-0.15, -0.1) is 0 Å². The molecule has 0 saturated carbocycles. The fourth-order valence-corrected chi connectivity index (χ4v) is 3.07. The van der Waals surface area contributed by atoms with Gasteiger partial charge in [0.05, 0.1) is 38.2 Å². The van der Waals surface area contributed by atoms with Gasteiger partial charge in [0, 0.05) is 25.4 Å². The Morgan fingerprint density at radius 1 is 1.32 bits per heavy atom. The molecule has 2 N–H and O–H groups in total. The molecule has 25 heavy (non-hydrogen) atoms. The fraction of sp³-hybridized carbons (Fsp3) is 0.444. The van der Waals surface area contributed by atoms with Crippen molar-refractivity contribution in [2.75, 3.05) is 46.4 Å². The van der Waals surface area contributed by atoms with E-state index in [1.54, 1.807) is 4.90 Å². The third-order valence-electron chi connectivity index (χ3n) is 4.38. The molecular weight excluding hydrogens is 334 g/mol. The van der Waals surface area contributed by atoms with E-state index in [-0.39, 0.29) is 0 Å². The molecule has 6 nitrogen and oxygen atoms in total. The Kier molecular flexibility index (Phi) is 6.38. The zero-order valence-electron chi connectivity index (χ0n) is 14.6. The largest absolute Gasteiger partial charge is 0.370 e. The smallest absolute Gasteiger partial charge is 0.169 e. The van der Waals surface area contributed by atoms with E-state index in [9.17, 15) is 0 Å². The summed E-state index contributed by atoms with van der Waals surface area (Å²) in [6.07, 6.45) is 3.94. The maximum absolute atomic E-state index is 5.50. The Morgan fingerprint density at radius 3 is 2.84 bits per heavy atom. The average Bonchev–Trinajstić information content (AvgIpc) is 3.12. The van der Waals surface area contributed by atoms with Crippen LogP contribution >= 0.6 is 12.2 Å². The normalized spacial score (nSPS) is 15.1. The number of morpholine rings is 1. The summed E-state index contributed by atoms with van der Waals surface area (Å²) in [4.78, 5) is 3.63. The van der Waals surface area contributed by atoms with Crippen LogP contribution in [0.1, 0.15) is 5.56 Å². The minimum atomic E-state index is 0.739. The minimum absolute atomic E-state index is 0.739. The van der Waals surface area contributed by atoms with E-state index >= 15 is 0 Å². The highest BCUT2D eigenvalue weighted by atomic mass is 32.1. The second-order valence-electron chi connectivity index (χ2n) is 6.33. The first-order chi connectivity index (χ1) is 12.2. The maximum Gasteiger partial charge on any atom is 0.169 e. The lowest BCUT2D eigenvalue weighted by Crippen LogP contribution is -3.14. The predicted octanol–water partition coefficient (Wildman–Crippen LogP) is 0.0937. The van der Waals surface area contributed by atoms with Gasteiger partial charge in [-0.3, -0.25) is 0 Å². The monoisotopic (exact) mass is 360 g/mol. The van der Waals surface area contributed by atoms with Crippen LogP contribution in [0, 0.1) is 0 Å². The summed E-state index contributed by atoms with van der Waals surface area (Å²) in [6.45, 7) is 6.61. The van der Waals surface area contributed by atoms with Gasteiger partial charge in [-0.2, -0.15) is 5.10 Å². The van der Waals surface area contributed by atoms with Crippen molar-refractivity contribution in [3.8, 4) is 5.69 Å². The predicted molar refractivity (Wildman–Crippen MR) is 102 cm³/mol. The number of benzene rings is 1. The molecule has 1 saturated heterocycles. The molecule has 7 heteroatoms. The number of aromatic nitrogens is 2. The summed E-state index contributed by atoms with van der Waals surface area (Å²) in [5.41, 5.74) is 2.19. The van der Waals surface area contributed by atoms with Crippen LogP contribution in [0.2, 0.25) is 0 Å². The lowest BCUT2D eigenvalue weighted by Gasteiger charge is -2.25. The van der Waals surface area contributed by atoms with Crippen molar-refractivity contribution in [2.24, 2.45) is 0 Å². The Hall–Kier alpha value is -1.96. The van der Waals surface area contributed by atoms with Gasteiger partial charge in [0.15, 0.2) is 5.11 Å². The third-order valence-corrected chi connectivity index (χ3v) is 4.83. The zero-order chi connectivity index (χ0) is 17.5. The SMILES string of the molecule is CN(Cc1cnn(-c2ccccc2)c1)C(=S)NCC[NH+]1CCOCC1. The topological polar surface area (TPSA) is 46.8 Å². The van der Waals surface area contributed by atoms with E-state index in [1.165, 1.54) is 0 Å². The van der Waals surface area contributed by atoms with Crippen molar-refractivity contribution < 1.29 is 9.64 Å². The first-order valence-corrected chi connectivity index (χ1v) is 9.12. The molecular formula is C18H26N5OS+. The fourth-order valence-electron chi connectivity index (χ4n) is 2.90. The second-order valence-corrected chi connectivity index (χ2v) is 6.72. The van der Waals surface area contributed by atoms with Crippen LogP contribution in [-0.2, 0) is 11.3 Å². The summed E-state index contributed by atoms with van der Waals surface area (Å²) in [5.74, 6) is 0. The molecule has 134 valence electrons. The molecule has 0 atom stereocenters. The standard InChI is InChI=1S/C18H25N5OS/c1-21(18(25)19-7-8-22-9-11-24-12-10-22)14-16-13-20-23(15-16)17-5-3-2-4-6-17/h2-6,13,15H,7-12,14H2,1H3,(H,19,25)/p+1.